The minimum atomic E-state index is -0.423. The van der Waals surface area contributed by atoms with Gasteiger partial charge in [0.25, 0.3) is 5.91 Å². The van der Waals surface area contributed by atoms with Gasteiger partial charge in [-0.15, -0.1) is 0 Å². The summed E-state index contributed by atoms with van der Waals surface area (Å²) < 4.78 is 8.25. The Morgan fingerprint density at radius 1 is 1.08 bits per heavy atom. The second-order valence-electron chi connectivity index (χ2n) is 5.71. The monoisotopic (exact) mass is 358 g/mol. The second kappa shape index (κ2) is 8.19. The maximum atomic E-state index is 12.5. The van der Waals surface area contributed by atoms with Crippen molar-refractivity contribution in [1.82, 2.24) is 9.13 Å². The Morgan fingerprint density at radius 2 is 1.73 bits per heavy atom. The third-order valence-corrected chi connectivity index (χ3v) is 3.54. The van der Waals surface area contributed by atoms with E-state index in [0.29, 0.717) is 23.7 Å². The normalized spacial score (nSPS) is 10.8. The van der Waals surface area contributed by atoms with Crippen molar-refractivity contribution in [2.45, 2.75) is 13.8 Å². The molecule has 8 nitrogen and oxygen atoms in total. The summed E-state index contributed by atoms with van der Waals surface area (Å²) in [5, 5.41) is 5.44. The van der Waals surface area contributed by atoms with Gasteiger partial charge in [-0.25, -0.2) is 4.79 Å². The van der Waals surface area contributed by atoms with E-state index in [1.54, 1.807) is 60.8 Å². The van der Waals surface area contributed by atoms with E-state index >= 15 is 0 Å². The number of aromatic nitrogens is 2. The van der Waals surface area contributed by atoms with E-state index in [1.807, 2.05) is 0 Å². The van der Waals surface area contributed by atoms with Crippen LogP contribution in [0.5, 0.6) is 0 Å². The minimum Gasteiger partial charge on any atom is -0.463 e. The standard InChI is InChI=1S/C18H22N4O4/c1-5-26-17(24)7-6-15-8-13(10-21(15)3)20-18(25)16-9-14(11-22(16)4)19-12(2)23/h6-11H,5H2,1-4H3,(H,19,23)(H,20,25)/b7-6-. The lowest BCUT2D eigenvalue weighted by molar-refractivity contribution is -0.137. The number of nitrogens with one attached hydrogen (secondary N) is 2. The number of carbonyl (C=O) groups excluding carboxylic acids is 3. The number of aryl methyl sites for hydroxylation is 2. The van der Waals surface area contributed by atoms with Crippen molar-refractivity contribution in [2.75, 3.05) is 17.2 Å². The summed E-state index contributed by atoms with van der Waals surface area (Å²) in [4.78, 5) is 35.0. The molecule has 2 amide bonds. The molecule has 2 N–H and O–H groups in total. The molecule has 0 radical (unpaired) electrons. The number of anilines is 2. The maximum Gasteiger partial charge on any atom is 0.330 e. The first-order valence-electron chi connectivity index (χ1n) is 8.06. The Kier molecular flexibility index (Phi) is 6.00. The lowest BCUT2D eigenvalue weighted by atomic mass is 10.3. The number of rotatable bonds is 6. The summed E-state index contributed by atoms with van der Waals surface area (Å²) in [5.41, 5.74) is 2.28. The fourth-order valence-corrected chi connectivity index (χ4v) is 2.42. The largest absolute Gasteiger partial charge is 0.463 e. The van der Waals surface area contributed by atoms with E-state index < -0.39 is 5.97 Å². The number of amides is 2. The van der Waals surface area contributed by atoms with Gasteiger partial charge in [-0.05, 0) is 25.1 Å². The molecule has 0 aromatic carbocycles. The molecule has 2 heterocycles. The molecule has 2 aromatic heterocycles. The molecule has 0 saturated carbocycles. The van der Waals surface area contributed by atoms with Crippen molar-refractivity contribution < 1.29 is 19.1 Å². The molecule has 0 aliphatic carbocycles. The number of hydrogen-bond donors (Lipinski definition) is 2. The highest BCUT2D eigenvalue weighted by Crippen LogP contribution is 2.18. The Labute approximate surface area is 151 Å². The first kappa shape index (κ1) is 19.0. The Bertz CT molecular complexity index is 861. The van der Waals surface area contributed by atoms with E-state index in [2.05, 4.69) is 10.6 Å². The van der Waals surface area contributed by atoms with Crippen LogP contribution in [-0.4, -0.2) is 33.5 Å². The van der Waals surface area contributed by atoms with Crippen LogP contribution < -0.4 is 10.6 Å². The van der Waals surface area contributed by atoms with Crippen LogP contribution >= 0.6 is 0 Å². The zero-order valence-electron chi connectivity index (χ0n) is 15.2. The molecule has 2 rings (SSSR count). The minimum absolute atomic E-state index is 0.205. The predicted octanol–water partition coefficient (Wildman–Crippen LogP) is 2.15. The van der Waals surface area contributed by atoms with Crippen molar-refractivity contribution in [3.05, 3.63) is 42.0 Å². The van der Waals surface area contributed by atoms with Gasteiger partial charge in [0.2, 0.25) is 5.91 Å². The quantitative estimate of drug-likeness (QED) is 0.611. The molecule has 0 fully saturated rings. The fraction of sp³-hybridized carbons (Fsp3) is 0.278. The molecule has 2 aromatic rings. The zero-order chi connectivity index (χ0) is 19.3. The highest BCUT2D eigenvalue weighted by molar-refractivity contribution is 6.04. The van der Waals surface area contributed by atoms with Crippen LogP contribution in [0.2, 0.25) is 0 Å². The lowest BCUT2D eigenvalue weighted by Gasteiger charge is -2.03. The lowest BCUT2D eigenvalue weighted by Crippen LogP contribution is -2.14. The average molecular weight is 358 g/mol. The third-order valence-electron chi connectivity index (χ3n) is 3.54. The first-order valence-corrected chi connectivity index (χ1v) is 8.06. The molecule has 0 bridgehead atoms. The molecular formula is C18H22N4O4. The molecule has 0 unspecified atom stereocenters. The van der Waals surface area contributed by atoms with E-state index in [0.717, 1.165) is 5.69 Å². The molecule has 8 heteroatoms. The van der Waals surface area contributed by atoms with Crippen LogP contribution in [-0.2, 0) is 28.4 Å². The van der Waals surface area contributed by atoms with Crippen molar-refractivity contribution in [3.63, 3.8) is 0 Å². The molecule has 0 aliphatic rings. The maximum absolute atomic E-state index is 12.5. The SMILES string of the molecule is CCOC(=O)/C=C\c1cc(NC(=O)c2cc(NC(C)=O)cn2C)cn1C. The molecule has 138 valence electrons. The Balaban J connectivity index is 2.10. The molecule has 0 aliphatic heterocycles. The van der Waals surface area contributed by atoms with Gasteiger partial charge in [-0.2, -0.15) is 0 Å². The number of nitrogens with zero attached hydrogens (tertiary/aromatic N) is 2. The van der Waals surface area contributed by atoms with E-state index in [1.165, 1.54) is 13.0 Å². The summed E-state index contributed by atoms with van der Waals surface area (Å²) in [6.45, 7) is 3.46. The predicted molar refractivity (Wildman–Crippen MR) is 98.7 cm³/mol. The van der Waals surface area contributed by atoms with E-state index in [4.69, 9.17) is 4.74 Å². The van der Waals surface area contributed by atoms with Crippen LogP contribution in [0, 0.1) is 0 Å². The highest BCUT2D eigenvalue weighted by Gasteiger charge is 2.14. The molecule has 0 atom stereocenters. The summed E-state index contributed by atoms with van der Waals surface area (Å²) in [7, 11) is 3.52. The molecule has 0 saturated heterocycles. The number of hydrogen-bond acceptors (Lipinski definition) is 4. The van der Waals surface area contributed by atoms with Crippen LogP contribution in [0.1, 0.15) is 30.0 Å². The van der Waals surface area contributed by atoms with Crippen LogP contribution in [0.15, 0.2) is 30.6 Å². The van der Waals surface area contributed by atoms with Crippen LogP contribution in [0.25, 0.3) is 6.08 Å². The van der Waals surface area contributed by atoms with Gasteiger partial charge in [0.1, 0.15) is 5.69 Å². The summed E-state index contributed by atoms with van der Waals surface area (Å²) in [6.07, 6.45) is 6.35. The number of esters is 1. The van der Waals surface area contributed by atoms with Crippen molar-refractivity contribution in [3.8, 4) is 0 Å². The van der Waals surface area contributed by atoms with Gasteiger partial charge in [-0.1, -0.05) is 0 Å². The average Bonchev–Trinajstić information content (AvgIpc) is 3.07. The Morgan fingerprint density at radius 3 is 2.38 bits per heavy atom. The fourth-order valence-electron chi connectivity index (χ4n) is 2.42. The van der Waals surface area contributed by atoms with Gasteiger partial charge in [0, 0.05) is 45.2 Å². The van der Waals surface area contributed by atoms with Gasteiger partial charge in [-0.3, -0.25) is 9.59 Å². The van der Waals surface area contributed by atoms with E-state index in [-0.39, 0.29) is 11.8 Å². The van der Waals surface area contributed by atoms with Gasteiger partial charge >= 0.3 is 5.97 Å². The highest BCUT2D eigenvalue weighted by atomic mass is 16.5. The van der Waals surface area contributed by atoms with Crippen molar-refractivity contribution in [1.29, 1.82) is 0 Å². The smallest absolute Gasteiger partial charge is 0.330 e. The van der Waals surface area contributed by atoms with Gasteiger partial charge < -0.3 is 24.5 Å². The number of carbonyl (C=O) groups is 3. The first-order chi connectivity index (χ1) is 12.3. The van der Waals surface area contributed by atoms with Gasteiger partial charge in [0.15, 0.2) is 0 Å². The molecule has 0 spiro atoms. The summed E-state index contributed by atoms with van der Waals surface area (Å²) in [5.74, 6) is -0.937. The molecular weight excluding hydrogens is 336 g/mol. The van der Waals surface area contributed by atoms with Crippen molar-refractivity contribution >= 4 is 35.2 Å². The topological polar surface area (TPSA) is 94.4 Å². The summed E-state index contributed by atoms with van der Waals surface area (Å²) >= 11 is 0. The number of ether oxygens (including phenoxy) is 1. The van der Waals surface area contributed by atoms with Crippen LogP contribution in [0.4, 0.5) is 11.4 Å². The summed E-state index contributed by atoms with van der Waals surface area (Å²) in [6, 6.07) is 3.34. The zero-order valence-corrected chi connectivity index (χ0v) is 15.2. The van der Waals surface area contributed by atoms with Crippen LogP contribution in [0.3, 0.4) is 0 Å². The second-order valence-corrected chi connectivity index (χ2v) is 5.71. The third kappa shape index (κ3) is 4.85. The van der Waals surface area contributed by atoms with Gasteiger partial charge in [0.05, 0.1) is 18.0 Å². The van der Waals surface area contributed by atoms with E-state index in [9.17, 15) is 14.4 Å². The molecule has 26 heavy (non-hydrogen) atoms. The van der Waals surface area contributed by atoms with Crippen molar-refractivity contribution in [2.24, 2.45) is 14.1 Å². The Hall–Kier alpha value is -3.29.